The highest BCUT2D eigenvalue weighted by molar-refractivity contribution is 6.11. The molecule has 33 heavy (non-hydrogen) atoms. The van der Waals surface area contributed by atoms with Gasteiger partial charge in [0, 0.05) is 28.4 Å². The average molecular weight is 440 g/mol. The van der Waals surface area contributed by atoms with Gasteiger partial charge in [0.1, 0.15) is 0 Å². The first-order valence-corrected chi connectivity index (χ1v) is 11.9. The molecule has 3 nitrogen and oxygen atoms in total. The van der Waals surface area contributed by atoms with Gasteiger partial charge in [0.15, 0.2) is 11.6 Å². The van der Waals surface area contributed by atoms with Gasteiger partial charge in [-0.3, -0.25) is 9.59 Å². The van der Waals surface area contributed by atoms with Crippen LogP contribution in [0.15, 0.2) is 71.8 Å². The van der Waals surface area contributed by atoms with Crippen LogP contribution < -0.4 is 0 Å². The molecule has 170 valence electrons. The third-order valence-corrected chi connectivity index (χ3v) is 6.90. The molecule has 0 saturated carbocycles. The molecule has 0 atom stereocenters. The summed E-state index contributed by atoms with van der Waals surface area (Å²) in [6, 6.07) is 14.7. The van der Waals surface area contributed by atoms with E-state index in [-0.39, 0.29) is 23.4 Å². The van der Waals surface area contributed by atoms with E-state index in [0.29, 0.717) is 0 Å². The second-order valence-corrected chi connectivity index (χ2v) is 9.75. The summed E-state index contributed by atoms with van der Waals surface area (Å²) in [6.07, 6.45) is 10.2. The van der Waals surface area contributed by atoms with Crippen LogP contribution in [-0.2, 0) is 16.1 Å². The summed E-state index contributed by atoms with van der Waals surface area (Å²) < 4.78 is 2.30. The summed E-state index contributed by atoms with van der Waals surface area (Å²) in [5.74, 6) is -0.317. The van der Waals surface area contributed by atoms with Gasteiger partial charge >= 0.3 is 0 Å². The molecular formula is C30H33NO2. The Morgan fingerprint density at radius 1 is 0.970 bits per heavy atom. The zero-order chi connectivity index (χ0) is 23.6. The molecule has 0 aliphatic heterocycles. The van der Waals surface area contributed by atoms with Crippen molar-refractivity contribution < 1.29 is 9.59 Å². The van der Waals surface area contributed by atoms with Crippen LogP contribution >= 0.6 is 0 Å². The van der Waals surface area contributed by atoms with Crippen molar-refractivity contribution in [1.29, 1.82) is 0 Å². The smallest absolute Gasteiger partial charge is 0.163 e. The summed E-state index contributed by atoms with van der Waals surface area (Å²) >= 11 is 0. The zero-order valence-electron chi connectivity index (χ0n) is 20.2. The van der Waals surface area contributed by atoms with E-state index < -0.39 is 0 Å². The predicted octanol–water partition coefficient (Wildman–Crippen LogP) is 7.44. The van der Waals surface area contributed by atoms with E-state index in [4.69, 9.17) is 0 Å². The summed E-state index contributed by atoms with van der Waals surface area (Å²) in [6.45, 7) is 9.65. The van der Waals surface area contributed by atoms with Crippen molar-refractivity contribution in [3.05, 3.63) is 77.4 Å². The number of benzene rings is 2. The molecule has 1 heterocycles. The lowest BCUT2D eigenvalue weighted by Crippen LogP contribution is -2.19. The van der Waals surface area contributed by atoms with Crippen molar-refractivity contribution in [2.75, 3.05) is 0 Å². The first-order chi connectivity index (χ1) is 15.8. The number of fused-ring (bicyclic) bond motifs is 3. The number of aryl methyl sites for hydroxylation is 1. The minimum atomic E-state index is -0.172. The van der Waals surface area contributed by atoms with Crippen molar-refractivity contribution in [1.82, 2.24) is 4.57 Å². The van der Waals surface area contributed by atoms with Crippen LogP contribution in [0.2, 0.25) is 0 Å². The van der Waals surface area contributed by atoms with Gasteiger partial charge in [-0.1, -0.05) is 55.8 Å². The first-order valence-electron chi connectivity index (χ1n) is 11.9. The second kappa shape index (κ2) is 9.35. The fourth-order valence-corrected chi connectivity index (χ4v) is 5.18. The molecule has 0 spiro atoms. The van der Waals surface area contributed by atoms with E-state index in [2.05, 4.69) is 68.7 Å². The largest absolute Gasteiger partial charge is 0.341 e. The molecule has 3 aromatic rings. The maximum atomic E-state index is 12.4. The number of para-hydroxylation sites is 1. The average Bonchev–Trinajstić information content (AvgIpc) is 3.10. The van der Waals surface area contributed by atoms with Gasteiger partial charge in [-0.25, -0.2) is 0 Å². The number of hydrogen-bond donors (Lipinski definition) is 0. The van der Waals surface area contributed by atoms with Crippen molar-refractivity contribution in [2.24, 2.45) is 5.41 Å². The molecule has 1 aromatic heterocycles. The van der Waals surface area contributed by atoms with Crippen LogP contribution in [0.1, 0.15) is 58.9 Å². The molecule has 1 aliphatic rings. The Balaban J connectivity index is 1.47. The third-order valence-electron chi connectivity index (χ3n) is 6.90. The Morgan fingerprint density at radius 3 is 2.39 bits per heavy atom. The molecule has 0 fully saturated rings. The van der Waals surface area contributed by atoms with Gasteiger partial charge in [-0.05, 0) is 80.0 Å². The SMILES string of the molecule is CCn1c2ccccc2c2cc(/C=C/C(=O)CC(=O)/C=C/C3=C(C)CCCC3(C)C)ccc21. The number of rotatable bonds is 7. The van der Waals surface area contributed by atoms with Crippen LogP contribution in [0.3, 0.4) is 0 Å². The van der Waals surface area contributed by atoms with Crippen molar-refractivity contribution in [2.45, 2.75) is 59.9 Å². The molecule has 0 unspecified atom stereocenters. The highest BCUT2D eigenvalue weighted by atomic mass is 16.1. The lowest BCUT2D eigenvalue weighted by atomic mass is 9.72. The maximum Gasteiger partial charge on any atom is 0.163 e. The number of carbonyl (C=O) groups excluding carboxylic acids is 2. The summed E-state index contributed by atoms with van der Waals surface area (Å²) in [5.41, 5.74) is 6.05. The van der Waals surface area contributed by atoms with Crippen LogP contribution in [0.25, 0.3) is 27.9 Å². The lowest BCUT2D eigenvalue weighted by Gasteiger charge is -2.32. The van der Waals surface area contributed by atoms with Crippen LogP contribution in [0, 0.1) is 5.41 Å². The molecule has 4 rings (SSSR count). The molecule has 3 heteroatoms. The Bertz CT molecular complexity index is 1310. The summed E-state index contributed by atoms with van der Waals surface area (Å²) in [7, 11) is 0. The van der Waals surface area contributed by atoms with Crippen molar-refractivity contribution >= 4 is 39.4 Å². The molecule has 0 radical (unpaired) electrons. The molecule has 1 aliphatic carbocycles. The highest BCUT2D eigenvalue weighted by Crippen LogP contribution is 2.40. The van der Waals surface area contributed by atoms with Crippen molar-refractivity contribution in [3.8, 4) is 0 Å². The fourth-order valence-electron chi connectivity index (χ4n) is 5.18. The second-order valence-electron chi connectivity index (χ2n) is 9.75. The molecule has 0 saturated heterocycles. The first kappa shape index (κ1) is 23.0. The van der Waals surface area contributed by atoms with Gasteiger partial charge in [0.2, 0.25) is 0 Å². The van der Waals surface area contributed by atoms with Crippen LogP contribution in [0.5, 0.6) is 0 Å². The number of carbonyl (C=O) groups is 2. The van der Waals surface area contributed by atoms with Crippen LogP contribution in [0.4, 0.5) is 0 Å². The summed E-state index contributed by atoms with van der Waals surface area (Å²) in [5, 5.41) is 2.39. The van der Waals surface area contributed by atoms with Gasteiger partial charge in [-0.15, -0.1) is 0 Å². The van der Waals surface area contributed by atoms with E-state index in [9.17, 15) is 9.59 Å². The maximum absolute atomic E-state index is 12.4. The lowest BCUT2D eigenvalue weighted by molar-refractivity contribution is -0.121. The van der Waals surface area contributed by atoms with Crippen molar-refractivity contribution in [3.63, 3.8) is 0 Å². The quantitative estimate of drug-likeness (QED) is 0.283. The standard InChI is InChI=1S/C30H33NO2/c1-5-31-28-11-7-6-10-25(28)26-19-22(13-17-29(26)31)12-14-23(32)20-24(33)15-16-27-21(2)9-8-18-30(27,3)4/h6-7,10-17,19H,5,8-9,18,20H2,1-4H3/b14-12+,16-15+. The third kappa shape index (κ3) is 4.78. The van der Waals surface area contributed by atoms with Gasteiger partial charge in [0.05, 0.1) is 6.42 Å². The number of ketones is 2. The van der Waals surface area contributed by atoms with E-state index >= 15 is 0 Å². The van der Waals surface area contributed by atoms with E-state index in [1.54, 1.807) is 6.08 Å². The zero-order valence-corrected chi connectivity index (χ0v) is 20.2. The van der Waals surface area contributed by atoms with Gasteiger partial charge in [0.25, 0.3) is 0 Å². The Kier molecular flexibility index (Phi) is 6.51. The predicted molar refractivity (Wildman–Crippen MR) is 138 cm³/mol. The molecule has 0 N–H and O–H groups in total. The van der Waals surface area contributed by atoms with Crippen LogP contribution in [-0.4, -0.2) is 16.1 Å². The topological polar surface area (TPSA) is 39.1 Å². The number of hydrogen-bond acceptors (Lipinski definition) is 2. The van der Waals surface area contributed by atoms with E-state index in [1.807, 2.05) is 18.2 Å². The number of aromatic nitrogens is 1. The Labute approximate surface area is 196 Å². The number of nitrogens with zero attached hydrogens (tertiary/aromatic N) is 1. The summed E-state index contributed by atoms with van der Waals surface area (Å²) in [4.78, 5) is 24.9. The van der Waals surface area contributed by atoms with Gasteiger partial charge < -0.3 is 4.57 Å². The van der Waals surface area contributed by atoms with E-state index in [0.717, 1.165) is 24.9 Å². The van der Waals surface area contributed by atoms with Gasteiger partial charge in [-0.2, -0.15) is 0 Å². The van der Waals surface area contributed by atoms with E-state index in [1.165, 1.54) is 45.4 Å². The Morgan fingerprint density at radius 2 is 1.67 bits per heavy atom. The monoisotopic (exact) mass is 439 g/mol. The number of allylic oxidation sites excluding steroid dienone is 5. The molecule has 0 amide bonds. The minimum absolute atomic E-state index is 0.0859. The minimum Gasteiger partial charge on any atom is -0.341 e. The normalized spacial score (nSPS) is 16.5. The molecular weight excluding hydrogens is 406 g/mol. The molecule has 0 bridgehead atoms. The highest BCUT2D eigenvalue weighted by Gasteiger charge is 2.26. The Hall–Kier alpha value is -3.20. The molecule has 2 aromatic carbocycles. The fraction of sp³-hybridized carbons (Fsp3) is 0.333.